The summed E-state index contributed by atoms with van der Waals surface area (Å²) in [6.45, 7) is 2.17. The summed E-state index contributed by atoms with van der Waals surface area (Å²) in [5.74, 6) is 0.0335. The van der Waals surface area contributed by atoms with Crippen LogP contribution in [0, 0.1) is 0 Å². The average Bonchev–Trinajstić information content (AvgIpc) is 2.60. The quantitative estimate of drug-likeness (QED) is 0.769. The Morgan fingerprint density at radius 2 is 1.84 bits per heavy atom. The first-order valence-corrected chi connectivity index (χ1v) is 7.88. The lowest BCUT2D eigenvalue weighted by molar-refractivity contribution is -0.120. The van der Waals surface area contributed by atoms with Gasteiger partial charge in [-0.05, 0) is 36.8 Å². The highest BCUT2D eigenvalue weighted by atomic mass is 16.5. The highest BCUT2D eigenvalue weighted by Gasteiger charge is 2.11. The van der Waals surface area contributed by atoms with Gasteiger partial charge in [0.1, 0.15) is 6.10 Å². The zero-order valence-electron chi connectivity index (χ0n) is 14.2. The Bertz CT molecular complexity index is 744. The van der Waals surface area contributed by atoms with Gasteiger partial charge in [-0.2, -0.15) is 0 Å². The van der Waals surface area contributed by atoms with E-state index in [0.29, 0.717) is 23.6 Å². The molecule has 0 saturated carbocycles. The van der Waals surface area contributed by atoms with Crippen LogP contribution in [0.5, 0.6) is 11.5 Å². The summed E-state index contributed by atoms with van der Waals surface area (Å²) >= 11 is 0. The van der Waals surface area contributed by atoms with E-state index in [0.717, 1.165) is 0 Å². The molecule has 1 amide bonds. The van der Waals surface area contributed by atoms with E-state index in [2.05, 4.69) is 5.32 Å². The van der Waals surface area contributed by atoms with Gasteiger partial charge in [0.05, 0.1) is 25.6 Å². The number of aromatic carboxylic acids is 1. The summed E-state index contributed by atoms with van der Waals surface area (Å²) in [6, 6.07) is 13.6. The summed E-state index contributed by atoms with van der Waals surface area (Å²) < 4.78 is 11.0. The second-order valence-corrected chi connectivity index (χ2v) is 5.57. The number of amides is 1. The molecule has 0 aliphatic carbocycles. The molecule has 6 heteroatoms. The summed E-state index contributed by atoms with van der Waals surface area (Å²) in [5, 5.41) is 11.8. The monoisotopic (exact) mass is 343 g/mol. The van der Waals surface area contributed by atoms with Crippen molar-refractivity contribution in [3.05, 3.63) is 59.7 Å². The first-order chi connectivity index (χ1) is 12.0. The number of ether oxygens (including phenoxy) is 2. The molecule has 25 heavy (non-hydrogen) atoms. The van der Waals surface area contributed by atoms with Gasteiger partial charge in [0.25, 0.3) is 0 Å². The summed E-state index contributed by atoms with van der Waals surface area (Å²) in [6.07, 6.45) is -0.131. The Labute approximate surface area is 146 Å². The number of para-hydroxylation sites is 2. The molecule has 0 spiro atoms. The minimum atomic E-state index is -1.01. The molecule has 0 aliphatic rings. The third-order valence-corrected chi connectivity index (χ3v) is 3.52. The third-order valence-electron chi connectivity index (χ3n) is 3.52. The average molecular weight is 343 g/mol. The number of carboxylic acids is 1. The van der Waals surface area contributed by atoms with Crippen LogP contribution in [-0.4, -0.2) is 36.7 Å². The van der Waals surface area contributed by atoms with E-state index in [4.69, 9.17) is 14.6 Å². The molecule has 0 radical (unpaired) electrons. The van der Waals surface area contributed by atoms with E-state index >= 15 is 0 Å². The topological polar surface area (TPSA) is 84.9 Å². The zero-order chi connectivity index (χ0) is 18.2. The van der Waals surface area contributed by atoms with Crippen LogP contribution in [0.2, 0.25) is 0 Å². The van der Waals surface area contributed by atoms with Crippen molar-refractivity contribution in [2.24, 2.45) is 0 Å². The molecule has 6 nitrogen and oxygen atoms in total. The number of benzene rings is 2. The van der Waals surface area contributed by atoms with Crippen molar-refractivity contribution in [2.45, 2.75) is 19.4 Å². The SMILES string of the molecule is COc1ccccc1OC(C)CNC(=O)Cc1cccc(C(=O)O)c1. The minimum Gasteiger partial charge on any atom is -0.493 e. The maximum Gasteiger partial charge on any atom is 0.335 e. The first-order valence-electron chi connectivity index (χ1n) is 7.88. The molecule has 0 aliphatic heterocycles. The molecule has 0 saturated heterocycles. The smallest absolute Gasteiger partial charge is 0.335 e. The maximum atomic E-state index is 12.0. The fourth-order valence-electron chi connectivity index (χ4n) is 2.29. The lowest BCUT2D eigenvalue weighted by atomic mass is 10.1. The number of hydrogen-bond acceptors (Lipinski definition) is 4. The molecule has 0 fully saturated rings. The third kappa shape index (κ3) is 5.53. The van der Waals surface area contributed by atoms with Gasteiger partial charge in [0, 0.05) is 0 Å². The molecular formula is C19H21NO5. The van der Waals surface area contributed by atoms with Crippen LogP contribution in [0.4, 0.5) is 0 Å². The highest BCUT2D eigenvalue weighted by molar-refractivity contribution is 5.88. The van der Waals surface area contributed by atoms with Crippen LogP contribution in [-0.2, 0) is 11.2 Å². The van der Waals surface area contributed by atoms with Crippen LogP contribution in [0.15, 0.2) is 48.5 Å². The van der Waals surface area contributed by atoms with Crippen LogP contribution < -0.4 is 14.8 Å². The number of carboxylic acid groups (broad SMARTS) is 1. The van der Waals surface area contributed by atoms with Crippen molar-refractivity contribution in [2.75, 3.05) is 13.7 Å². The normalized spacial score (nSPS) is 11.4. The van der Waals surface area contributed by atoms with E-state index in [1.807, 2.05) is 19.1 Å². The Morgan fingerprint density at radius 1 is 1.12 bits per heavy atom. The largest absolute Gasteiger partial charge is 0.493 e. The fraction of sp³-hybridized carbons (Fsp3) is 0.263. The molecule has 1 unspecified atom stereocenters. The Morgan fingerprint density at radius 3 is 2.52 bits per heavy atom. The summed E-state index contributed by atoms with van der Waals surface area (Å²) in [7, 11) is 1.57. The predicted octanol–water partition coefficient (Wildman–Crippen LogP) is 2.52. The van der Waals surface area contributed by atoms with Gasteiger partial charge in [0.2, 0.25) is 5.91 Å². The van der Waals surface area contributed by atoms with Crippen molar-refractivity contribution in [1.82, 2.24) is 5.32 Å². The number of carbonyl (C=O) groups is 2. The van der Waals surface area contributed by atoms with Crippen molar-refractivity contribution >= 4 is 11.9 Å². The number of carbonyl (C=O) groups excluding carboxylic acids is 1. The number of methoxy groups -OCH3 is 1. The molecular weight excluding hydrogens is 322 g/mol. The van der Waals surface area contributed by atoms with Crippen molar-refractivity contribution in [3.8, 4) is 11.5 Å². The molecule has 0 bridgehead atoms. The van der Waals surface area contributed by atoms with E-state index in [9.17, 15) is 9.59 Å². The van der Waals surface area contributed by atoms with Gasteiger partial charge in [-0.15, -0.1) is 0 Å². The van der Waals surface area contributed by atoms with Crippen LogP contribution in [0.3, 0.4) is 0 Å². The lowest BCUT2D eigenvalue weighted by Crippen LogP contribution is -2.34. The van der Waals surface area contributed by atoms with Gasteiger partial charge < -0.3 is 19.9 Å². The second kappa shape index (κ2) is 8.73. The lowest BCUT2D eigenvalue weighted by Gasteiger charge is -2.17. The van der Waals surface area contributed by atoms with Gasteiger partial charge in [-0.3, -0.25) is 4.79 Å². The standard InChI is InChI=1S/C19H21NO5/c1-13(25-17-9-4-3-8-16(17)24-2)12-20-18(21)11-14-6-5-7-15(10-14)19(22)23/h3-10,13H,11-12H2,1-2H3,(H,20,21)(H,22,23). The molecule has 2 aromatic rings. The fourth-order valence-corrected chi connectivity index (χ4v) is 2.29. The Hall–Kier alpha value is -3.02. The van der Waals surface area contributed by atoms with Crippen molar-refractivity contribution in [1.29, 1.82) is 0 Å². The summed E-state index contributed by atoms with van der Waals surface area (Å²) in [4.78, 5) is 23.0. The molecule has 2 rings (SSSR count). The van der Waals surface area contributed by atoms with Gasteiger partial charge in [-0.1, -0.05) is 24.3 Å². The van der Waals surface area contributed by atoms with Gasteiger partial charge >= 0.3 is 5.97 Å². The summed E-state index contributed by atoms with van der Waals surface area (Å²) in [5.41, 5.74) is 0.814. The van der Waals surface area contributed by atoms with E-state index in [1.165, 1.54) is 12.1 Å². The highest BCUT2D eigenvalue weighted by Crippen LogP contribution is 2.26. The Kier molecular flexibility index (Phi) is 6.39. The van der Waals surface area contributed by atoms with Crippen LogP contribution in [0.25, 0.3) is 0 Å². The molecule has 0 heterocycles. The van der Waals surface area contributed by atoms with Crippen molar-refractivity contribution in [3.63, 3.8) is 0 Å². The molecule has 2 aromatic carbocycles. The van der Waals surface area contributed by atoms with E-state index in [1.54, 1.807) is 31.4 Å². The number of hydrogen-bond donors (Lipinski definition) is 2. The zero-order valence-corrected chi connectivity index (χ0v) is 14.2. The molecule has 2 N–H and O–H groups in total. The number of nitrogens with one attached hydrogen (secondary N) is 1. The number of rotatable bonds is 8. The van der Waals surface area contributed by atoms with Gasteiger partial charge in [0.15, 0.2) is 11.5 Å². The van der Waals surface area contributed by atoms with E-state index < -0.39 is 5.97 Å². The maximum absolute atomic E-state index is 12.0. The Balaban J connectivity index is 1.85. The minimum absolute atomic E-state index is 0.114. The van der Waals surface area contributed by atoms with Crippen LogP contribution >= 0.6 is 0 Å². The molecule has 132 valence electrons. The second-order valence-electron chi connectivity index (χ2n) is 5.57. The van der Waals surface area contributed by atoms with Crippen LogP contribution in [0.1, 0.15) is 22.8 Å². The molecule has 1 atom stereocenters. The van der Waals surface area contributed by atoms with Crippen molar-refractivity contribution < 1.29 is 24.2 Å². The first kappa shape index (κ1) is 18.3. The predicted molar refractivity (Wildman–Crippen MR) is 93.2 cm³/mol. The van der Waals surface area contributed by atoms with Gasteiger partial charge in [-0.25, -0.2) is 4.79 Å². The van der Waals surface area contributed by atoms with E-state index in [-0.39, 0.29) is 24.0 Å². The molecule has 0 aromatic heterocycles.